The number of nitriles is 1. The molecule has 1 aliphatic heterocycles. The van der Waals surface area contributed by atoms with Crippen molar-refractivity contribution in [3.8, 4) is 17.3 Å². The molecular weight excluding hydrogens is 374 g/mol. The maximum atomic E-state index is 13.0. The van der Waals surface area contributed by atoms with Crippen molar-refractivity contribution in [2.45, 2.75) is 25.9 Å². The quantitative estimate of drug-likeness (QED) is 0.683. The predicted molar refractivity (Wildman–Crippen MR) is 105 cm³/mol. The Kier molecular flexibility index (Phi) is 4.84. The molecule has 1 amide bonds. The van der Waals surface area contributed by atoms with E-state index >= 15 is 0 Å². The van der Waals surface area contributed by atoms with Gasteiger partial charge in [0, 0.05) is 23.7 Å². The van der Waals surface area contributed by atoms with Gasteiger partial charge in [-0.2, -0.15) is 5.26 Å². The lowest BCUT2D eigenvalue weighted by molar-refractivity contribution is -0.135. The molecule has 2 aromatic carbocycles. The Bertz CT molecular complexity index is 1070. The third kappa shape index (κ3) is 3.49. The van der Waals surface area contributed by atoms with E-state index in [1.54, 1.807) is 23.0 Å². The van der Waals surface area contributed by atoms with Gasteiger partial charge in [-0.05, 0) is 48.7 Å². The second kappa shape index (κ2) is 7.45. The van der Waals surface area contributed by atoms with Crippen LogP contribution in [0.2, 0.25) is 5.02 Å². The highest BCUT2D eigenvalue weighted by molar-refractivity contribution is 6.30. The number of fused-ring (bicyclic) bond motifs is 1. The van der Waals surface area contributed by atoms with Crippen molar-refractivity contribution in [3.63, 3.8) is 0 Å². The Morgan fingerprint density at radius 2 is 2.00 bits per heavy atom. The zero-order chi connectivity index (χ0) is 19.7. The number of rotatable bonds is 3. The van der Waals surface area contributed by atoms with Crippen molar-refractivity contribution in [1.82, 2.24) is 19.9 Å². The Morgan fingerprint density at radius 3 is 2.75 bits per heavy atom. The molecule has 1 unspecified atom stereocenters. The second-order valence-corrected chi connectivity index (χ2v) is 7.31. The topological polar surface area (TPSA) is 74.8 Å². The first kappa shape index (κ1) is 18.2. The van der Waals surface area contributed by atoms with E-state index in [1.807, 2.05) is 42.2 Å². The lowest BCUT2D eigenvalue weighted by atomic mass is 9.99. The van der Waals surface area contributed by atoms with Gasteiger partial charge >= 0.3 is 0 Å². The van der Waals surface area contributed by atoms with Crippen molar-refractivity contribution in [3.05, 3.63) is 70.4 Å². The second-order valence-electron chi connectivity index (χ2n) is 6.87. The SMILES string of the molecule is CC(C(=O)N1CCc2cc(Cl)ccc2C1)n1cc(-c2ccc(C#N)cc2)nn1. The molecule has 140 valence electrons. The zero-order valence-corrected chi connectivity index (χ0v) is 16.1. The van der Waals surface area contributed by atoms with Gasteiger partial charge in [0.2, 0.25) is 5.91 Å². The first-order valence-electron chi connectivity index (χ1n) is 9.03. The van der Waals surface area contributed by atoms with Crippen molar-refractivity contribution in [2.24, 2.45) is 0 Å². The number of carbonyl (C=O) groups excluding carboxylic acids is 1. The van der Waals surface area contributed by atoms with Crippen LogP contribution in [0.5, 0.6) is 0 Å². The van der Waals surface area contributed by atoms with E-state index in [0.29, 0.717) is 24.3 Å². The molecule has 0 aliphatic carbocycles. The van der Waals surface area contributed by atoms with Crippen molar-refractivity contribution >= 4 is 17.5 Å². The highest BCUT2D eigenvalue weighted by Gasteiger charge is 2.26. The van der Waals surface area contributed by atoms with Crippen LogP contribution in [0.25, 0.3) is 11.3 Å². The molecule has 2 heterocycles. The van der Waals surface area contributed by atoms with Crippen molar-refractivity contribution in [1.29, 1.82) is 5.26 Å². The average molecular weight is 392 g/mol. The van der Waals surface area contributed by atoms with Crippen LogP contribution in [-0.2, 0) is 17.8 Å². The molecule has 7 heteroatoms. The first-order chi connectivity index (χ1) is 13.5. The van der Waals surface area contributed by atoms with Crippen LogP contribution in [0.4, 0.5) is 0 Å². The van der Waals surface area contributed by atoms with E-state index in [2.05, 4.69) is 16.4 Å². The summed E-state index contributed by atoms with van der Waals surface area (Å²) in [6.07, 6.45) is 2.56. The minimum atomic E-state index is -0.450. The number of hydrogen-bond acceptors (Lipinski definition) is 4. The van der Waals surface area contributed by atoms with Gasteiger partial charge in [0.15, 0.2) is 0 Å². The van der Waals surface area contributed by atoms with Crippen LogP contribution in [0.15, 0.2) is 48.7 Å². The summed E-state index contributed by atoms with van der Waals surface area (Å²) in [7, 11) is 0. The van der Waals surface area contributed by atoms with Crippen LogP contribution >= 0.6 is 11.6 Å². The molecule has 1 aromatic heterocycles. The molecular formula is C21H18ClN5O. The molecule has 1 atom stereocenters. The van der Waals surface area contributed by atoms with Gasteiger partial charge < -0.3 is 4.90 Å². The maximum Gasteiger partial charge on any atom is 0.247 e. The Labute approximate surface area is 168 Å². The number of amides is 1. The number of nitrogens with zero attached hydrogens (tertiary/aromatic N) is 5. The number of carbonyl (C=O) groups is 1. The molecule has 3 aromatic rings. The molecule has 6 nitrogen and oxygen atoms in total. The summed E-state index contributed by atoms with van der Waals surface area (Å²) in [5.74, 6) is 0.0110. The van der Waals surface area contributed by atoms with E-state index in [0.717, 1.165) is 22.6 Å². The van der Waals surface area contributed by atoms with E-state index in [-0.39, 0.29) is 5.91 Å². The number of halogens is 1. The minimum absolute atomic E-state index is 0.0110. The Balaban J connectivity index is 1.49. The summed E-state index contributed by atoms with van der Waals surface area (Å²) in [6, 6.07) is 14.6. The largest absolute Gasteiger partial charge is 0.336 e. The van der Waals surface area contributed by atoms with E-state index in [1.165, 1.54) is 5.56 Å². The lowest BCUT2D eigenvalue weighted by Crippen LogP contribution is -2.39. The lowest BCUT2D eigenvalue weighted by Gasteiger charge is -2.31. The third-order valence-electron chi connectivity index (χ3n) is 5.07. The van der Waals surface area contributed by atoms with Gasteiger partial charge in [-0.1, -0.05) is 35.0 Å². The normalized spacial score (nSPS) is 14.2. The first-order valence-corrected chi connectivity index (χ1v) is 9.41. The Morgan fingerprint density at radius 1 is 1.21 bits per heavy atom. The zero-order valence-electron chi connectivity index (χ0n) is 15.3. The highest BCUT2D eigenvalue weighted by Crippen LogP contribution is 2.25. The van der Waals surface area contributed by atoms with Crippen molar-refractivity contribution < 1.29 is 4.79 Å². The van der Waals surface area contributed by atoms with Gasteiger partial charge in [-0.15, -0.1) is 5.10 Å². The molecule has 0 spiro atoms. The van der Waals surface area contributed by atoms with Crippen molar-refractivity contribution in [2.75, 3.05) is 6.54 Å². The van der Waals surface area contributed by atoms with E-state index < -0.39 is 6.04 Å². The molecule has 28 heavy (non-hydrogen) atoms. The standard InChI is InChI=1S/C21H18ClN5O/c1-14(21(28)26-9-8-17-10-19(22)7-6-18(17)12-26)27-13-20(24-25-27)16-4-2-15(11-23)3-5-16/h2-7,10,13-14H,8-9,12H2,1H3. The van der Waals surface area contributed by atoms with Crippen LogP contribution < -0.4 is 0 Å². The van der Waals surface area contributed by atoms with Crippen LogP contribution in [-0.4, -0.2) is 32.3 Å². The van der Waals surface area contributed by atoms with Gasteiger partial charge in [0.25, 0.3) is 0 Å². The summed E-state index contributed by atoms with van der Waals surface area (Å²) in [5, 5.41) is 18.0. The number of benzene rings is 2. The summed E-state index contributed by atoms with van der Waals surface area (Å²) in [6.45, 7) is 3.07. The molecule has 0 saturated carbocycles. The highest BCUT2D eigenvalue weighted by atomic mass is 35.5. The van der Waals surface area contributed by atoms with E-state index in [9.17, 15) is 4.79 Å². The fourth-order valence-electron chi connectivity index (χ4n) is 3.40. The molecule has 0 N–H and O–H groups in total. The predicted octanol–water partition coefficient (Wildman–Crippen LogP) is 3.62. The van der Waals surface area contributed by atoms with Crippen LogP contribution in [0.1, 0.15) is 29.7 Å². The summed E-state index contributed by atoms with van der Waals surface area (Å²) < 4.78 is 1.59. The van der Waals surface area contributed by atoms with Gasteiger partial charge in [0.05, 0.1) is 17.8 Å². The summed E-state index contributed by atoms with van der Waals surface area (Å²) in [4.78, 5) is 14.8. The third-order valence-corrected chi connectivity index (χ3v) is 5.30. The van der Waals surface area contributed by atoms with Crippen LogP contribution in [0.3, 0.4) is 0 Å². The molecule has 0 saturated heterocycles. The fraction of sp³-hybridized carbons (Fsp3) is 0.238. The monoisotopic (exact) mass is 391 g/mol. The van der Waals surface area contributed by atoms with E-state index in [4.69, 9.17) is 16.9 Å². The number of hydrogen-bond donors (Lipinski definition) is 0. The van der Waals surface area contributed by atoms with Gasteiger partial charge in [-0.25, -0.2) is 4.68 Å². The summed E-state index contributed by atoms with van der Waals surface area (Å²) in [5.41, 5.74) is 4.45. The van der Waals surface area contributed by atoms with Crippen LogP contribution in [0, 0.1) is 11.3 Å². The molecule has 0 fully saturated rings. The maximum absolute atomic E-state index is 13.0. The summed E-state index contributed by atoms with van der Waals surface area (Å²) >= 11 is 6.06. The smallest absolute Gasteiger partial charge is 0.247 e. The number of aromatic nitrogens is 3. The molecule has 4 rings (SSSR count). The van der Waals surface area contributed by atoms with Gasteiger partial charge in [0.1, 0.15) is 11.7 Å². The molecule has 0 radical (unpaired) electrons. The minimum Gasteiger partial charge on any atom is -0.336 e. The fourth-order valence-corrected chi connectivity index (χ4v) is 3.60. The Hall–Kier alpha value is -3.17. The van der Waals surface area contributed by atoms with Gasteiger partial charge in [-0.3, -0.25) is 4.79 Å². The molecule has 1 aliphatic rings. The average Bonchev–Trinajstić information content (AvgIpc) is 3.22. The molecule has 0 bridgehead atoms.